The second-order valence-electron chi connectivity index (χ2n) is 6.52. The summed E-state index contributed by atoms with van der Waals surface area (Å²) in [4.78, 5) is 19.4. The summed E-state index contributed by atoms with van der Waals surface area (Å²) in [6.07, 6.45) is 5.09. The van der Waals surface area contributed by atoms with Gasteiger partial charge in [0.1, 0.15) is 0 Å². The molecule has 0 radical (unpaired) electrons. The van der Waals surface area contributed by atoms with Crippen molar-refractivity contribution in [1.29, 1.82) is 0 Å². The number of aromatic nitrogens is 3. The van der Waals surface area contributed by atoms with E-state index in [1.54, 1.807) is 11.1 Å². The molecule has 3 rings (SSSR count). The number of hydrogen-bond donors (Lipinski definition) is 0. The van der Waals surface area contributed by atoms with Crippen molar-refractivity contribution < 1.29 is 4.79 Å². The van der Waals surface area contributed by atoms with Crippen LogP contribution in [0.1, 0.15) is 68.0 Å². The lowest BCUT2D eigenvalue weighted by atomic mass is 10.1. The molecular weight excluding hydrogens is 276 g/mol. The van der Waals surface area contributed by atoms with Gasteiger partial charge < -0.3 is 4.90 Å². The number of carbonyl (C=O) groups excluding carboxylic acids is 1. The van der Waals surface area contributed by atoms with Crippen LogP contribution in [-0.2, 0) is 0 Å². The number of pyridine rings is 1. The minimum Gasteiger partial charge on any atom is -0.342 e. The highest BCUT2D eigenvalue weighted by atomic mass is 16.2. The van der Waals surface area contributed by atoms with Crippen LogP contribution in [0.2, 0.25) is 0 Å². The second kappa shape index (κ2) is 5.71. The smallest absolute Gasteiger partial charge is 0.254 e. The summed E-state index contributed by atoms with van der Waals surface area (Å²) in [6.45, 7) is 7.02. The lowest BCUT2D eigenvalue weighted by Crippen LogP contribution is -2.27. The van der Waals surface area contributed by atoms with Crippen molar-refractivity contribution in [3.8, 4) is 0 Å². The fraction of sp³-hybridized carbons (Fsp3) is 0.588. The lowest BCUT2D eigenvalue weighted by molar-refractivity contribution is 0.0797. The molecule has 1 fully saturated rings. The van der Waals surface area contributed by atoms with Crippen LogP contribution in [0.25, 0.3) is 11.0 Å². The molecule has 0 aromatic carbocycles. The Labute approximate surface area is 131 Å². The maximum absolute atomic E-state index is 12.8. The summed E-state index contributed by atoms with van der Waals surface area (Å²) < 4.78 is 1.91. The molecule has 0 unspecified atom stereocenters. The van der Waals surface area contributed by atoms with Gasteiger partial charge in [0, 0.05) is 31.2 Å². The molecule has 1 aliphatic rings. The maximum Gasteiger partial charge on any atom is 0.254 e. The number of nitrogens with zero attached hydrogens (tertiary/aromatic N) is 4. The summed E-state index contributed by atoms with van der Waals surface area (Å²) >= 11 is 0. The normalized spacial score (nSPS) is 14.8. The molecule has 2 aromatic rings. The number of carbonyl (C=O) groups is 1. The first-order valence-electron chi connectivity index (χ1n) is 8.16. The molecule has 0 aliphatic heterocycles. The van der Waals surface area contributed by atoms with Gasteiger partial charge in [0.2, 0.25) is 0 Å². The minimum atomic E-state index is 0.0689. The number of hydrogen-bond acceptors (Lipinski definition) is 3. The van der Waals surface area contributed by atoms with Gasteiger partial charge in [-0.3, -0.25) is 4.79 Å². The summed E-state index contributed by atoms with van der Waals surface area (Å²) in [7, 11) is 1.86. The number of fused-ring (bicyclic) bond motifs is 1. The van der Waals surface area contributed by atoms with Crippen LogP contribution in [0.15, 0.2) is 12.3 Å². The quantitative estimate of drug-likeness (QED) is 0.850. The molecule has 118 valence electrons. The molecule has 0 saturated heterocycles. The standard InChI is InChI=1S/C17H24N4O/c1-5-8-20(4)17(22)13-9-15(12-6-7-12)19-16-14(13)10-18-21(16)11(2)3/h9-12H,5-8H2,1-4H3. The zero-order chi connectivity index (χ0) is 15.9. The van der Waals surface area contributed by atoms with Crippen molar-refractivity contribution >= 4 is 16.9 Å². The first-order valence-corrected chi connectivity index (χ1v) is 8.16. The van der Waals surface area contributed by atoms with Gasteiger partial charge >= 0.3 is 0 Å². The highest BCUT2D eigenvalue weighted by Gasteiger charge is 2.28. The Hall–Kier alpha value is -1.91. The van der Waals surface area contributed by atoms with Gasteiger partial charge in [-0.1, -0.05) is 6.92 Å². The molecule has 5 nitrogen and oxygen atoms in total. The van der Waals surface area contributed by atoms with E-state index in [0.29, 0.717) is 5.92 Å². The van der Waals surface area contributed by atoms with Crippen LogP contribution >= 0.6 is 0 Å². The zero-order valence-corrected chi connectivity index (χ0v) is 13.8. The average molecular weight is 300 g/mol. The minimum absolute atomic E-state index is 0.0689. The number of rotatable bonds is 5. The monoisotopic (exact) mass is 300 g/mol. The van der Waals surface area contributed by atoms with Crippen LogP contribution in [-0.4, -0.2) is 39.2 Å². The van der Waals surface area contributed by atoms with E-state index >= 15 is 0 Å². The Bertz CT molecular complexity index is 700. The van der Waals surface area contributed by atoms with E-state index in [2.05, 4.69) is 25.9 Å². The van der Waals surface area contributed by atoms with Crippen LogP contribution in [0.5, 0.6) is 0 Å². The van der Waals surface area contributed by atoms with Crippen molar-refractivity contribution in [2.45, 2.75) is 52.0 Å². The van der Waals surface area contributed by atoms with Crippen molar-refractivity contribution in [1.82, 2.24) is 19.7 Å². The topological polar surface area (TPSA) is 51.0 Å². The molecule has 2 heterocycles. The largest absolute Gasteiger partial charge is 0.342 e. The Morgan fingerprint density at radius 2 is 2.18 bits per heavy atom. The predicted molar refractivity (Wildman–Crippen MR) is 87.1 cm³/mol. The molecule has 22 heavy (non-hydrogen) atoms. The van der Waals surface area contributed by atoms with E-state index in [1.165, 1.54) is 12.8 Å². The van der Waals surface area contributed by atoms with Gasteiger partial charge in [0.25, 0.3) is 5.91 Å². The summed E-state index contributed by atoms with van der Waals surface area (Å²) in [6, 6.07) is 2.22. The van der Waals surface area contributed by atoms with E-state index in [4.69, 9.17) is 4.98 Å². The molecular formula is C17H24N4O. The number of amides is 1. The van der Waals surface area contributed by atoms with E-state index in [0.717, 1.165) is 35.3 Å². The fourth-order valence-corrected chi connectivity index (χ4v) is 2.82. The van der Waals surface area contributed by atoms with E-state index in [9.17, 15) is 4.79 Å². The third kappa shape index (κ3) is 2.60. The predicted octanol–water partition coefficient (Wildman–Crippen LogP) is 3.37. The van der Waals surface area contributed by atoms with Crippen LogP contribution in [0.4, 0.5) is 0 Å². The molecule has 5 heteroatoms. The Kier molecular flexibility index (Phi) is 3.89. The van der Waals surface area contributed by atoms with Gasteiger partial charge in [0.05, 0.1) is 17.1 Å². The van der Waals surface area contributed by atoms with Gasteiger partial charge in [-0.2, -0.15) is 5.10 Å². The van der Waals surface area contributed by atoms with Crippen LogP contribution in [0, 0.1) is 0 Å². The Balaban J connectivity index is 2.13. The Morgan fingerprint density at radius 1 is 1.45 bits per heavy atom. The molecule has 1 aliphatic carbocycles. The molecule has 1 saturated carbocycles. The van der Waals surface area contributed by atoms with Crippen molar-refractivity contribution in [3.63, 3.8) is 0 Å². The third-order valence-corrected chi connectivity index (χ3v) is 4.21. The van der Waals surface area contributed by atoms with Gasteiger partial charge in [0.15, 0.2) is 5.65 Å². The highest BCUT2D eigenvalue weighted by Crippen LogP contribution is 2.40. The lowest BCUT2D eigenvalue weighted by Gasteiger charge is -2.17. The molecule has 2 aromatic heterocycles. The van der Waals surface area contributed by atoms with Gasteiger partial charge in [-0.25, -0.2) is 9.67 Å². The molecule has 0 spiro atoms. The Morgan fingerprint density at radius 3 is 2.77 bits per heavy atom. The van der Waals surface area contributed by atoms with Crippen molar-refractivity contribution in [3.05, 3.63) is 23.5 Å². The molecule has 0 bridgehead atoms. The summed E-state index contributed by atoms with van der Waals surface area (Å²) in [5.74, 6) is 0.586. The van der Waals surface area contributed by atoms with E-state index in [1.807, 2.05) is 17.8 Å². The fourth-order valence-electron chi connectivity index (χ4n) is 2.82. The average Bonchev–Trinajstić information content (AvgIpc) is 3.24. The first kappa shape index (κ1) is 15.0. The van der Waals surface area contributed by atoms with Gasteiger partial charge in [-0.15, -0.1) is 0 Å². The summed E-state index contributed by atoms with van der Waals surface area (Å²) in [5.41, 5.74) is 2.63. The van der Waals surface area contributed by atoms with Crippen LogP contribution < -0.4 is 0 Å². The molecule has 1 amide bonds. The van der Waals surface area contributed by atoms with Crippen molar-refractivity contribution in [2.75, 3.05) is 13.6 Å². The molecule has 0 atom stereocenters. The molecule has 0 N–H and O–H groups in total. The van der Waals surface area contributed by atoms with Crippen molar-refractivity contribution in [2.24, 2.45) is 0 Å². The first-order chi connectivity index (χ1) is 10.5. The third-order valence-electron chi connectivity index (χ3n) is 4.21. The highest BCUT2D eigenvalue weighted by molar-refractivity contribution is 6.05. The summed E-state index contributed by atoms with van der Waals surface area (Å²) in [5, 5.41) is 5.31. The zero-order valence-electron chi connectivity index (χ0n) is 13.8. The SMILES string of the molecule is CCCN(C)C(=O)c1cc(C2CC2)nc2c1cnn2C(C)C. The van der Waals surface area contributed by atoms with E-state index in [-0.39, 0.29) is 11.9 Å². The van der Waals surface area contributed by atoms with E-state index < -0.39 is 0 Å². The van der Waals surface area contributed by atoms with Gasteiger partial charge in [-0.05, 0) is 39.2 Å². The van der Waals surface area contributed by atoms with Crippen LogP contribution in [0.3, 0.4) is 0 Å². The second-order valence-corrected chi connectivity index (χ2v) is 6.52. The maximum atomic E-state index is 12.8.